The Labute approximate surface area is 173 Å². The summed E-state index contributed by atoms with van der Waals surface area (Å²) < 4.78 is 40.5. The fraction of sp³-hybridized carbons (Fsp3) is 0.150. The van der Waals surface area contributed by atoms with E-state index in [-0.39, 0.29) is 16.5 Å². The third-order valence-corrected chi connectivity index (χ3v) is 5.72. The fourth-order valence-electron chi connectivity index (χ4n) is 2.48. The van der Waals surface area contributed by atoms with Crippen molar-refractivity contribution in [3.8, 4) is 16.6 Å². The van der Waals surface area contributed by atoms with E-state index in [1.54, 1.807) is 35.7 Å². The first-order valence-corrected chi connectivity index (χ1v) is 10.2. The highest BCUT2D eigenvalue weighted by Crippen LogP contribution is 2.38. The molecule has 4 nitrogen and oxygen atoms in total. The SMILES string of the molecule is Cc1ccc(NC(=O)CSc2nc(-c3cccs3)cc(C(F)(F)F)c2C#N)cc1. The Balaban J connectivity index is 1.87. The first-order chi connectivity index (χ1) is 13.8. The second kappa shape index (κ2) is 8.68. The summed E-state index contributed by atoms with van der Waals surface area (Å²) in [7, 11) is 0. The lowest BCUT2D eigenvalue weighted by molar-refractivity contribution is -0.138. The number of hydrogen-bond donors (Lipinski definition) is 1. The average molecular weight is 433 g/mol. The Kier molecular flexibility index (Phi) is 6.25. The van der Waals surface area contributed by atoms with Gasteiger partial charge in [-0.05, 0) is 36.6 Å². The van der Waals surface area contributed by atoms with Crippen LogP contribution in [-0.4, -0.2) is 16.6 Å². The van der Waals surface area contributed by atoms with Crippen molar-refractivity contribution in [2.45, 2.75) is 18.1 Å². The number of nitrogens with zero attached hydrogens (tertiary/aromatic N) is 2. The van der Waals surface area contributed by atoms with Gasteiger partial charge < -0.3 is 5.32 Å². The van der Waals surface area contributed by atoms with E-state index in [2.05, 4.69) is 10.3 Å². The molecule has 0 spiro atoms. The van der Waals surface area contributed by atoms with Gasteiger partial charge in [0.2, 0.25) is 5.91 Å². The molecule has 0 radical (unpaired) electrons. The number of carbonyl (C=O) groups is 1. The zero-order valence-electron chi connectivity index (χ0n) is 15.1. The minimum absolute atomic E-state index is 0.118. The van der Waals surface area contributed by atoms with Gasteiger partial charge in [-0.1, -0.05) is 35.5 Å². The fourth-order valence-corrected chi connectivity index (χ4v) is 3.97. The van der Waals surface area contributed by atoms with E-state index in [9.17, 15) is 23.2 Å². The van der Waals surface area contributed by atoms with Crippen molar-refractivity contribution >= 4 is 34.7 Å². The molecule has 148 valence electrons. The van der Waals surface area contributed by atoms with E-state index >= 15 is 0 Å². The van der Waals surface area contributed by atoms with Crippen molar-refractivity contribution < 1.29 is 18.0 Å². The first kappa shape index (κ1) is 20.9. The Morgan fingerprint density at radius 2 is 2.00 bits per heavy atom. The molecule has 0 saturated heterocycles. The van der Waals surface area contributed by atoms with Crippen LogP contribution in [0.4, 0.5) is 18.9 Å². The zero-order valence-corrected chi connectivity index (χ0v) is 16.7. The number of anilines is 1. The van der Waals surface area contributed by atoms with Gasteiger partial charge in [-0.3, -0.25) is 4.79 Å². The summed E-state index contributed by atoms with van der Waals surface area (Å²) in [5.41, 5.74) is 0.0989. The third-order valence-electron chi connectivity index (χ3n) is 3.85. The Hall–Kier alpha value is -2.83. The molecule has 0 fully saturated rings. The second-order valence-electron chi connectivity index (χ2n) is 6.02. The Morgan fingerprint density at radius 3 is 2.59 bits per heavy atom. The van der Waals surface area contributed by atoms with E-state index in [1.165, 1.54) is 11.3 Å². The molecular formula is C20H14F3N3OS2. The number of nitriles is 1. The molecule has 3 aromatic rings. The molecule has 0 saturated carbocycles. The molecule has 29 heavy (non-hydrogen) atoms. The number of nitrogens with one attached hydrogen (secondary N) is 1. The van der Waals surface area contributed by atoms with Gasteiger partial charge in [0.25, 0.3) is 0 Å². The van der Waals surface area contributed by atoms with E-state index in [0.29, 0.717) is 10.6 Å². The molecule has 1 aromatic carbocycles. The molecular weight excluding hydrogens is 419 g/mol. The van der Waals surface area contributed by atoms with Crippen molar-refractivity contribution in [1.82, 2.24) is 4.98 Å². The summed E-state index contributed by atoms with van der Waals surface area (Å²) >= 11 is 2.05. The number of thiophene rings is 1. The number of pyridine rings is 1. The molecule has 2 aromatic heterocycles. The summed E-state index contributed by atoms with van der Waals surface area (Å²) in [6.45, 7) is 1.91. The number of carbonyl (C=O) groups excluding carboxylic acids is 1. The van der Waals surface area contributed by atoms with E-state index in [4.69, 9.17) is 0 Å². The molecule has 2 heterocycles. The van der Waals surface area contributed by atoms with Gasteiger partial charge in [-0.25, -0.2) is 4.98 Å². The minimum Gasteiger partial charge on any atom is -0.325 e. The van der Waals surface area contributed by atoms with Gasteiger partial charge in [-0.2, -0.15) is 18.4 Å². The number of aromatic nitrogens is 1. The van der Waals surface area contributed by atoms with Crippen LogP contribution < -0.4 is 5.32 Å². The molecule has 0 unspecified atom stereocenters. The van der Waals surface area contributed by atoms with E-state index in [0.717, 1.165) is 23.4 Å². The average Bonchev–Trinajstić information content (AvgIpc) is 3.21. The molecule has 9 heteroatoms. The van der Waals surface area contributed by atoms with Crippen LogP contribution in [-0.2, 0) is 11.0 Å². The van der Waals surface area contributed by atoms with Crippen LogP contribution in [0.25, 0.3) is 10.6 Å². The molecule has 0 aliphatic rings. The van der Waals surface area contributed by atoms with Crippen molar-refractivity contribution in [1.29, 1.82) is 5.26 Å². The van der Waals surface area contributed by atoms with Gasteiger partial charge in [0.1, 0.15) is 11.1 Å². The van der Waals surface area contributed by atoms with Crippen LogP contribution in [0.15, 0.2) is 52.9 Å². The Morgan fingerprint density at radius 1 is 1.28 bits per heavy atom. The van der Waals surface area contributed by atoms with Gasteiger partial charge in [0, 0.05) is 5.69 Å². The smallest absolute Gasteiger partial charge is 0.325 e. The lowest BCUT2D eigenvalue weighted by atomic mass is 10.1. The summed E-state index contributed by atoms with van der Waals surface area (Å²) in [5, 5.41) is 13.6. The number of hydrogen-bond acceptors (Lipinski definition) is 5. The number of alkyl halides is 3. The quantitative estimate of drug-likeness (QED) is 0.521. The van der Waals surface area contributed by atoms with Crippen LogP contribution in [0.2, 0.25) is 0 Å². The molecule has 0 aliphatic carbocycles. The maximum Gasteiger partial charge on any atom is 0.417 e. The molecule has 0 aliphatic heterocycles. The largest absolute Gasteiger partial charge is 0.417 e. The van der Waals surface area contributed by atoms with Crippen LogP contribution >= 0.6 is 23.1 Å². The predicted octanol–water partition coefficient (Wildman–Crippen LogP) is 5.74. The normalized spacial score (nSPS) is 11.1. The number of benzene rings is 1. The van der Waals surface area contributed by atoms with Crippen molar-refractivity contribution in [3.63, 3.8) is 0 Å². The highest BCUT2D eigenvalue weighted by Gasteiger charge is 2.36. The molecule has 1 amide bonds. The summed E-state index contributed by atoms with van der Waals surface area (Å²) in [6, 6.07) is 12.9. The minimum atomic E-state index is -4.71. The maximum atomic E-state index is 13.5. The monoisotopic (exact) mass is 433 g/mol. The summed E-state index contributed by atoms with van der Waals surface area (Å²) in [4.78, 5) is 17.0. The number of aryl methyl sites for hydroxylation is 1. The second-order valence-corrected chi connectivity index (χ2v) is 7.94. The van der Waals surface area contributed by atoms with Crippen LogP contribution in [0, 0.1) is 18.3 Å². The maximum absolute atomic E-state index is 13.5. The highest BCUT2D eigenvalue weighted by molar-refractivity contribution is 8.00. The number of thioether (sulfide) groups is 1. The Bertz CT molecular complexity index is 1060. The number of halogens is 3. The van der Waals surface area contributed by atoms with E-state index in [1.807, 2.05) is 19.1 Å². The summed E-state index contributed by atoms with van der Waals surface area (Å²) in [5.74, 6) is -0.583. The highest BCUT2D eigenvalue weighted by atomic mass is 32.2. The molecule has 0 atom stereocenters. The van der Waals surface area contributed by atoms with Crippen molar-refractivity contribution in [3.05, 3.63) is 64.5 Å². The van der Waals surface area contributed by atoms with Crippen LogP contribution in [0.3, 0.4) is 0 Å². The molecule has 3 rings (SSSR count). The lowest BCUT2D eigenvalue weighted by Gasteiger charge is -2.13. The van der Waals surface area contributed by atoms with Crippen molar-refractivity contribution in [2.75, 3.05) is 11.1 Å². The van der Waals surface area contributed by atoms with E-state index < -0.39 is 23.2 Å². The van der Waals surface area contributed by atoms with Crippen LogP contribution in [0.1, 0.15) is 16.7 Å². The predicted molar refractivity (Wildman–Crippen MR) is 108 cm³/mol. The van der Waals surface area contributed by atoms with Gasteiger partial charge in [0.05, 0.1) is 27.5 Å². The van der Waals surface area contributed by atoms with Gasteiger partial charge in [-0.15, -0.1) is 11.3 Å². The van der Waals surface area contributed by atoms with Gasteiger partial charge in [0.15, 0.2) is 0 Å². The van der Waals surface area contributed by atoms with Crippen molar-refractivity contribution in [2.24, 2.45) is 0 Å². The lowest BCUT2D eigenvalue weighted by Crippen LogP contribution is -2.15. The number of rotatable bonds is 5. The van der Waals surface area contributed by atoms with Gasteiger partial charge >= 0.3 is 6.18 Å². The third kappa shape index (κ3) is 5.16. The summed E-state index contributed by atoms with van der Waals surface area (Å²) in [6.07, 6.45) is -4.71. The molecule has 1 N–H and O–H groups in total. The topological polar surface area (TPSA) is 65.8 Å². The zero-order chi connectivity index (χ0) is 21.0. The molecule has 0 bridgehead atoms. The first-order valence-electron chi connectivity index (χ1n) is 8.33. The van der Waals surface area contributed by atoms with Crippen LogP contribution in [0.5, 0.6) is 0 Å². The number of amides is 1. The standard InChI is InChI=1S/C20H14F3N3OS2/c1-12-4-6-13(7-5-12)25-18(27)11-29-19-14(10-24)15(20(21,22)23)9-16(26-19)17-3-2-8-28-17/h2-9H,11H2,1H3,(H,25,27).